The van der Waals surface area contributed by atoms with Crippen molar-refractivity contribution >= 4 is 71.2 Å². The summed E-state index contributed by atoms with van der Waals surface area (Å²) in [6.07, 6.45) is 0. The molecule has 0 saturated carbocycles. The first kappa shape index (κ1) is 22.0. The predicted molar refractivity (Wildman–Crippen MR) is 174 cm³/mol. The second-order valence-corrected chi connectivity index (χ2v) is 11.1. The van der Waals surface area contributed by atoms with E-state index in [1.54, 1.807) is 0 Å². The lowest BCUT2D eigenvalue weighted by Crippen LogP contribution is -1.93. The van der Waals surface area contributed by atoms with Crippen LogP contribution in [-0.4, -0.2) is 18.9 Å². The molecule has 0 amide bonds. The number of fused-ring (bicyclic) bond motifs is 10. The van der Waals surface area contributed by atoms with E-state index in [2.05, 4.69) is 118 Å². The quantitative estimate of drug-likeness (QED) is 0.221. The zero-order chi connectivity index (χ0) is 27.4. The third kappa shape index (κ3) is 2.80. The highest BCUT2D eigenvalue weighted by Gasteiger charge is 2.20. The largest absolute Gasteiger partial charge is 0.309 e. The van der Waals surface area contributed by atoms with Gasteiger partial charge in [-0.2, -0.15) is 0 Å². The lowest BCUT2D eigenvalue weighted by molar-refractivity contribution is 1.18. The number of hydrogen-bond acceptors (Lipinski definition) is 2. The SMILES string of the molecule is c1ccc(-n2c3ccccc3c3ccc(-c4ccc5c(c4)c4cccc6c7nc8ccccc8nc7n5c46)cc32)cc1. The highest BCUT2D eigenvalue weighted by molar-refractivity contribution is 6.22. The van der Waals surface area contributed by atoms with Gasteiger partial charge in [0.15, 0.2) is 5.65 Å². The van der Waals surface area contributed by atoms with Crippen LogP contribution in [0.15, 0.2) is 133 Å². The Kier molecular flexibility index (Phi) is 4.15. The molecule has 42 heavy (non-hydrogen) atoms. The van der Waals surface area contributed by atoms with Crippen molar-refractivity contribution in [3.63, 3.8) is 0 Å². The molecule has 194 valence electrons. The molecule has 0 aliphatic rings. The van der Waals surface area contributed by atoms with Gasteiger partial charge < -0.3 is 4.57 Å². The van der Waals surface area contributed by atoms with Gasteiger partial charge in [0.1, 0.15) is 5.52 Å². The standard InChI is InChI=1S/C38H22N4/c1-2-9-25(10-3-1)41-33-16-7-4-11-26(33)27-19-17-24(22-35(27)41)23-18-20-34-30(21-23)28-12-8-13-29-36-38(42(34)37(28)29)40-32-15-6-5-14-31(32)39-36/h1-22H. The molecule has 4 heteroatoms. The second kappa shape index (κ2) is 7.93. The van der Waals surface area contributed by atoms with Crippen LogP contribution in [0.5, 0.6) is 0 Å². The van der Waals surface area contributed by atoms with Crippen LogP contribution in [0.25, 0.3) is 88.0 Å². The van der Waals surface area contributed by atoms with Crippen LogP contribution in [0.2, 0.25) is 0 Å². The number of nitrogens with zero attached hydrogens (tertiary/aromatic N) is 4. The van der Waals surface area contributed by atoms with E-state index in [9.17, 15) is 0 Å². The third-order valence-electron chi connectivity index (χ3n) is 8.83. The predicted octanol–water partition coefficient (Wildman–Crippen LogP) is 9.54. The number of benzene rings is 6. The van der Waals surface area contributed by atoms with Gasteiger partial charge in [0.25, 0.3) is 0 Å². The molecule has 0 N–H and O–H groups in total. The maximum absolute atomic E-state index is 5.09. The fraction of sp³-hybridized carbons (Fsp3) is 0. The van der Waals surface area contributed by atoms with Gasteiger partial charge in [0.05, 0.1) is 33.1 Å². The van der Waals surface area contributed by atoms with E-state index in [-0.39, 0.29) is 0 Å². The summed E-state index contributed by atoms with van der Waals surface area (Å²) in [6, 6.07) is 47.7. The zero-order valence-electron chi connectivity index (χ0n) is 22.5. The molecular weight excluding hydrogens is 512 g/mol. The van der Waals surface area contributed by atoms with Crippen LogP contribution < -0.4 is 0 Å². The van der Waals surface area contributed by atoms with Gasteiger partial charge in [-0.1, -0.05) is 84.9 Å². The molecule has 0 bridgehead atoms. The minimum atomic E-state index is 0.913. The van der Waals surface area contributed by atoms with Crippen LogP contribution in [0.3, 0.4) is 0 Å². The molecule has 0 saturated heterocycles. The Morgan fingerprint density at radius 3 is 2.02 bits per heavy atom. The Balaban J connectivity index is 1.24. The Labute approximate surface area is 240 Å². The highest BCUT2D eigenvalue weighted by atomic mass is 15.0. The summed E-state index contributed by atoms with van der Waals surface area (Å²) in [5, 5.41) is 6.13. The molecule has 10 rings (SSSR count). The summed E-state index contributed by atoms with van der Waals surface area (Å²) in [7, 11) is 0. The number of rotatable bonds is 2. The van der Waals surface area contributed by atoms with Gasteiger partial charge in [-0.15, -0.1) is 0 Å². The van der Waals surface area contributed by atoms with Crippen LogP contribution in [0.4, 0.5) is 0 Å². The first-order chi connectivity index (χ1) is 20.8. The second-order valence-electron chi connectivity index (χ2n) is 11.1. The van der Waals surface area contributed by atoms with Gasteiger partial charge in [0.2, 0.25) is 0 Å². The van der Waals surface area contributed by atoms with Crippen molar-refractivity contribution in [3.05, 3.63) is 133 Å². The topological polar surface area (TPSA) is 35.1 Å². The first-order valence-electron chi connectivity index (χ1n) is 14.3. The van der Waals surface area contributed by atoms with E-state index in [0.717, 1.165) is 33.1 Å². The Morgan fingerprint density at radius 1 is 0.429 bits per heavy atom. The van der Waals surface area contributed by atoms with Crippen molar-refractivity contribution in [1.29, 1.82) is 0 Å². The Bertz CT molecular complexity index is 2680. The monoisotopic (exact) mass is 534 g/mol. The average Bonchev–Trinajstić information content (AvgIpc) is 3.68. The maximum Gasteiger partial charge on any atom is 0.165 e. The molecule has 4 heterocycles. The van der Waals surface area contributed by atoms with Gasteiger partial charge >= 0.3 is 0 Å². The molecule has 0 fully saturated rings. The van der Waals surface area contributed by atoms with Crippen molar-refractivity contribution in [2.45, 2.75) is 0 Å². The fourth-order valence-corrected chi connectivity index (χ4v) is 6.99. The molecule has 0 unspecified atom stereocenters. The van der Waals surface area contributed by atoms with Crippen molar-refractivity contribution in [3.8, 4) is 16.8 Å². The minimum Gasteiger partial charge on any atom is -0.309 e. The lowest BCUT2D eigenvalue weighted by Gasteiger charge is -2.09. The number of para-hydroxylation sites is 5. The van der Waals surface area contributed by atoms with Crippen LogP contribution in [0.1, 0.15) is 0 Å². The lowest BCUT2D eigenvalue weighted by atomic mass is 10.0. The molecule has 4 nitrogen and oxygen atoms in total. The van der Waals surface area contributed by atoms with E-state index < -0.39 is 0 Å². The molecular formula is C38H22N4. The van der Waals surface area contributed by atoms with E-state index in [0.29, 0.717) is 0 Å². The van der Waals surface area contributed by atoms with E-state index in [4.69, 9.17) is 9.97 Å². The van der Waals surface area contributed by atoms with E-state index >= 15 is 0 Å². The van der Waals surface area contributed by atoms with Gasteiger partial charge in [-0.05, 0) is 59.7 Å². The number of hydrogen-bond donors (Lipinski definition) is 0. The minimum absolute atomic E-state index is 0.913. The summed E-state index contributed by atoms with van der Waals surface area (Å²) >= 11 is 0. The molecule has 0 spiro atoms. The highest BCUT2D eigenvalue weighted by Crippen LogP contribution is 2.40. The van der Waals surface area contributed by atoms with Crippen molar-refractivity contribution in [2.24, 2.45) is 0 Å². The van der Waals surface area contributed by atoms with Gasteiger partial charge in [0, 0.05) is 32.6 Å². The van der Waals surface area contributed by atoms with Crippen molar-refractivity contribution in [1.82, 2.24) is 18.9 Å². The van der Waals surface area contributed by atoms with Crippen LogP contribution in [0, 0.1) is 0 Å². The molecule has 0 radical (unpaired) electrons. The summed E-state index contributed by atoms with van der Waals surface area (Å²) in [4.78, 5) is 10.1. The van der Waals surface area contributed by atoms with Gasteiger partial charge in [-0.3, -0.25) is 4.40 Å². The molecule has 10 aromatic rings. The van der Waals surface area contributed by atoms with Crippen molar-refractivity contribution < 1.29 is 0 Å². The van der Waals surface area contributed by atoms with Crippen LogP contribution in [-0.2, 0) is 0 Å². The summed E-state index contributed by atoms with van der Waals surface area (Å²) in [5.41, 5.74) is 12.1. The Morgan fingerprint density at radius 2 is 1.12 bits per heavy atom. The van der Waals surface area contributed by atoms with Gasteiger partial charge in [-0.25, -0.2) is 9.97 Å². The summed E-state index contributed by atoms with van der Waals surface area (Å²) in [5.74, 6) is 0. The molecule has 0 aliphatic heterocycles. The van der Waals surface area contributed by atoms with E-state index in [1.165, 1.54) is 54.9 Å². The van der Waals surface area contributed by atoms with Crippen LogP contribution >= 0.6 is 0 Å². The normalized spacial score (nSPS) is 12.3. The average molecular weight is 535 g/mol. The smallest absolute Gasteiger partial charge is 0.165 e. The number of aromatic nitrogens is 4. The zero-order valence-corrected chi connectivity index (χ0v) is 22.5. The third-order valence-corrected chi connectivity index (χ3v) is 8.83. The molecule has 0 atom stereocenters. The first-order valence-corrected chi connectivity index (χ1v) is 14.3. The van der Waals surface area contributed by atoms with Crippen molar-refractivity contribution in [2.75, 3.05) is 0 Å². The summed E-state index contributed by atoms with van der Waals surface area (Å²) < 4.78 is 4.68. The summed E-state index contributed by atoms with van der Waals surface area (Å²) in [6.45, 7) is 0. The maximum atomic E-state index is 5.09. The molecule has 6 aromatic carbocycles. The fourth-order valence-electron chi connectivity index (χ4n) is 6.99. The molecule has 0 aliphatic carbocycles. The van der Waals surface area contributed by atoms with E-state index in [1.807, 2.05) is 24.3 Å². The molecule has 4 aromatic heterocycles. The Hall–Kier alpha value is -5.74.